The van der Waals surface area contributed by atoms with E-state index in [9.17, 15) is 0 Å². The van der Waals surface area contributed by atoms with Gasteiger partial charge < -0.3 is 4.74 Å². The van der Waals surface area contributed by atoms with E-state index in [2.05, 4.69) is 26.0 Å². The van der Waals surface area contributed by atoms with Crippen molar-refractivity contribution < 1.29 is 4.74 Å². The Kier molecular flexibility index (Phi) is 4.20. The Bertz CT molecular complexity index is 591. The molecular weight excluding hydrogens is 234 g/mol. The highest BCUT2D eigenvalue weighted by atomic mass is 16.5. The van der Waals surface area contributed by atoms with Gasteiger partial charge in [0, 0.05) is 0 Å². The maximum atomic E-state index is 8.81. The summed E-state index contributed by atoms with van der Waals surface area (Å²) >= 11 is 0. The second-order valence-corrected chi connectivity index (χ2v) is 4.72. The van der Waals surface area contributed by atoms with Gasteiger partial charge in [-0.2, -0.15) is 5.26 Å². The van der Waals surface area contributed by atoms with Crippen molar-refractivity contribution in [2.75, 3.05) is 0 Å². The van der Waals surface area contributed by atoms with E-state index >= 15 is 0 Å². The lowest BCUT2D eigenvalue weighted by atomic mass is 10.1. The Labute approximate surface area is 114 Å². The van der Waals surface area contributed by atoms with Gasteiger partial charge in [-0.25, -0.2) is 0 Å². The summed E-state index contributed by atoms with van der Waals surface area (Å²) in [6.07, 6.45) is 0.423. The normalized spacial score (nSPS) is 9.95. The number of nitriles is 1. The Morgan fingerprint density at radius 2 is 1.63 bits per heavy atom. The van der Waals surface area contributed by atoms with E-state index in [4.69, 9.17) is 10.00 Å². The zero-order chi connectivity index (χ0) is 13.7. The molecule has 19 heavy (non-hydrogen) atoms. The number of rotatable bonds is 4. The van der Waals surface area contributed by atoms with Crippen LogP contribution in [0, 0.1) is 25.2 Å². The van der Waals surface area contributed by atoms with Crippen molar-refractivity contribution in [3.8, 4) is 11.8 Å². The van der Waals surface area contributed by atoms with Crippen LogP contribution in [0.25, 0.3) is 0 Å². The van der Waals surface area contributed by atoms with Crippen LogP contribution >= 0.6 is 0 Å². The van der Waals surface area contributed by atoms with Crippen molar-refractivity contribution >= 4 is 0 Å². The molecular formula is C17H17NO. The quantitative estimate of drug-likeness (QED) is 0.824. The third-order valence-electron chi connectivity index (χ3n) is 2.98. The van der Waals surface area contributed by atoms with Crippen molar-refractivity contribution in [3.63, 3.8) is 0 Å². The number of ether oxygens (including phenoxy) is 1. The van der Waals surface area contributed by atoms with E-state index in [1.165, 1.54) is 11.1 Å². The summed E-state index contributed by atoms with van der Waals surface area (Å²) in [5.41, 5.74) is 4.50. The Morgan fingerprint density at radius 1 is 1.00 bits per heavy atom. The van der Waals surface area contributed by atoms with Crippen LogP contribution < -0.4 is 4.74 Å². The van der Waals surface area contributed by atoms with E-state index in [1.807, 2.05) is 36.4 Å². The molecule has 0 radical (unpaired) electrons. The summed E-state index contributed by atoms with van der Waals surface area (Å²) in [6.45, 7) is 4.62. The first-order chi connectivity index (χ1) is 9.19. The second kappa shape index (κ2) is 6.06. The Morgan fingerprint density at radius 3 is 2.26 bits per heavy atom. The van der Waals surface area contributed by atoms with Crippen molar-refractivity contribution in [2.24, 2.45) is 0 Å². The Hall–Kier alpha value is -2.27. The minimum absolute atomic E-state index is 0.423. The second-order valence-electron chi connectivity index (χ2n) is 4.72. The largest absolute Gasteiger partial charge is 0.489 e. The van der Waals surface area contributed by atoms with Gasteiger partial charge in [0.15, 0.2) is 0 Å². The molecule has 0 aromatic heterocycles. The van der Waals surface area contributed by atoms with Crippen molar-refractivity contribution in [1.29, 1.82) is 5.26 Å². The maximum Gasteiger partial charge on any atom is 0.120 e. The van der Waals surface area contributed by atoms with Crippen molar-refractivity contribution in [2.45, 2.75) is 26.9 Å². The van der Waals surface area contributed by atoms with Gasteiger partial charge in [0.1, 0.15) is 12.4 Å². The lowest BCUT2D eigenvalue weighted by molar-refractivity contribution is 0.305. The molecule has 0 amide bonds. The lowest BCUT2D eigenvalue weighted by Crippen LogP contribution is -2.00. The number of nitrogens with zero attached hydrogens (tertiary/aromatic N) is 1. The van der Waals surface area contributed by atoms with Crippen LogP contribution in [0.3, 0.4) is 0 Å². The van der Waals surface area contributed by atoms with Crippen LogP contribution in [0.4, 0.5) is 0 Å². The van der Waals surface area contributed by atoms with Crippen LogP contribution in [0.1, 0.15) is 22.3 Å². The fourth-order valence-electron chi connectivity index (χ4n) is 2.13. The SMILES string of the molecule is Cc1cc(C)cc(OCc2ccccc2CC#N)c1. The fourth-order valence-corrected chi connectivity index (χ4v) is 2.13. The predicted molar refractivity (Wildman–Crippen MR) is 76.0 cm³/mol. The first-order valence-electron chi connectivity index (χ1n) is 6.34. The molecule has 0 unspecified atom stereocenters. The van der Waals surface area contributed by atoms with Gasteiger partial charge >= 0.3 is 0 Å². The fraction of sp³-hybridized carbons (Fsp3) is 0.235. The maximum absolute atomic E-state index is 8.81. The van der Waals surface area contributed by atoms with Crippen LogP contribution in [0.2, 0.25) is 0 Å². The molecule has 0 saturated carbocycles. The third kappa shape index (κ3) is 3.59. The summed E-state index contributed by atoms with van der Waals surface area (Å²) in [6, 6.07) is 16.3. The van der Waals surface area contributed by atoms with E-state index in [0.717, 1.165) is 16.9 Å². The predicted octanol–water partition coefficient (Wildman–Crippen LogP) is 3.95. The highest BCUT2D eigenvalue weighted by Crippen LogP contribution is 2.19. The van der Waals surface area contributed by atoms with Crippen LogP contribution in [-0.2, 0) is 13.0 Å². The smallest absolute Gasteiger partial charge is 0.120 e. The molecule has 0 atom stereocenters. The van der Waals surface area contributed by atoms with Crippen molar-refractivity contribution in [1.82, 2.24) is 0 Å². The minimum atomic E-state index is 0.423. The van der Waals surface area contributed by atoms with E-state index < -0.39 is 0 Å². The lowest BCUT2D eigenvalue weighted by Gasteiger charge is -2.10. The summed E-state index contributed by atoms with van der Waals surface area (Å²) < 4.78 is 5.83. The van der Waals surface area contributed by atoms with Crippen LogP contribution in [-0.4, -0.2) is 0 Å². The van der Waals surface area contributed by atoms with Gasteiger partial charge in [-0.3, -0.25) is 0 Å². The number of hydrogen-bond donors (Lipinski definition) is 0. The summed E-state index contributed by atoms with van der Waals surface area (Å²) in [4.78, 5) is 0. The average molecular weight is 251 g/mol. The molecule has 2 aromatic carbocycles. The molecule has 0 saturated heterocycles. The molecule has 0 fully saturated rings. The molecule has 0 aliphatic rings. The van der Waals surface area contributed by atoms with E-state index in [0.29, 0.717) is 13.0 Å². The first-order valence-corrected chi connectivity index (χ1v) is 6.34. The van der Waals surface area contributed by atoms with Gasteiger partial charge in [0.2, 0.25) is 0 Å². The topological polar surface area (TPSA) is 33.0 Å². The first kappa shape index (κ1) is 13.2. The zero-order valence-electron chi connectivity index (χ0n) is 11.3. The van der Waals surface area contributed by atoms with Gasteiger partial charge in [-0.1, -0.05) is 30.3 Å². The number of benzene rings is 2. The van der Waals surface area contributed by atoms with Crippen LogP contribution in [0.5, 0.6) is 5.75 Å². The highest BCUT2D eigenvalue weighted by Gasteiger charge is 2.03. The molecule has 0 heterocycles. The summed E-state index contributed by atoms with van der Waals surface area (Å²) in [7, 11) is 0. The van der Waals surface area contributed by atoms with E-state index in [1.54, 1.807) is 0 Å². The molecule has 2 rings (SSSR count). The molecule has 2 aromatic rings. The molecule has 0 aliphatic carbocycles. The van der Waals surface area contributed by atoms with Gasteiger partial charge in [-0.15, -0.1) is 0 Å². The molecule has 0 bridgehead atoms. The van der Waals surface area contributed by atoms with Crippen molar-refractivity contribution in [3.05, 3.63) is 64.7 Å². The van der Waals surface area contributed by atoms with Gasteiger partial charge in [-0.05, 0) is 48.2 Å². The molecule has 2 nitrogen and oxygen atoms in total. The zero-order valence-corrected chi connectivity index (χ0v) is 11.3. The van der Waals surface area contributed by atoms with Gasteiger partial charge in [0.05, 0.1) is 12.5 Å². The average Bonchev–Trinajstić information content (AvgIpc) is 2.37. The summed E-state index contributed by atoms with van der Waals surface area (Å²) in [5, 5.41) is 8.81. The monoisotopic (exact) mass is 251 g/mol. The molecule has 0 aliphatic heterocycles. The highest BCUT2D eigenvalue weighted by molar-refractivity contribution is 5.34. The standard InChI is InChI=1S/C17H17NO/c1-13-9-14(2)11-17(10-13)19-12-16-6-4-3-5-15(16)7-8-18/h3-6,9-11H,7,12H2,1-2H3. The third-order valence-corrected chi connectivity index (χ3v) is 2.98. The summed E-state index contributed by atoms with van der Waals surface area (Å²) in [5.74, 6) is 0.879. The Balaban J connectivity index is 2.12. The van der Waals surface area contributed by atoms with E-state index in [-0.39, 0.29) is 0 Å². The molecule has 2 heteroatoms. The molecule has 0 spiro atoms. The minimum Gasteiger partial charge on any atom is -0.489 e. The molecule has 0 N–H and O–H groups in total. The number of hydrogen-bond acceptors (Lipinski definition) is 2. The molecule has 96 valence electrons. The van der Waals surface area contributed by atoms with Gasteiger partial charge in [0.25, 0.3) is 0 Å². The van der Waals surface area contributed by atoms with Crippen LogP contribution in [0.15, 0.2) is 42.5 Å². The number of aryl methyl sites for hydroxylation is 2.